The van der Waals surface area contributed by atoms with Crippen LogP contribution in [0.5, 0.6) is 0 Å². The molecule has 8 bridgehead atoms. The number of carbonyl (C=O) groups is 4. The second kappa shape index (κ2) is 31.6. The third kappa shape index (κ3) is 13.2. The first-order valence-corrected chi connectivity index (χ1v) is 47.0. The van der Waals surface area contributed by atoms with E-state index in [-0.39, 0.29) is 70.4 Å². The average molecular weight is 1810 g/mol. The number of hydrogen-bond acceptors (Lipinski definition) is 16. The summed E-state index contributed by atoms with van der Waals surface area (Å²) >= 11 is 2.97. The van der Waals surface area contributed by atoms with Crippen LogP contribution in [0.3, 0.4) is 0 Å². The molecule has 664 valence electrons. The number of hydrogen-bond donors (Lipinski definition) is 6. The van der Waals surface area contributed by atoms with Crippen molar-refractivity contribution in [2.45, 2.75) is 133 Å². The molecule has 0 saturated carbocycles. The number of rotatable bonds is 14. The number of anilines is 4. The van der Waals surface area contributed by atoms with Gasteiger partial charge in [-0.05, 0) is 158 Å². The molecule has 12 aliphatic rings. The zero-order valence-corrected chi connectivity index (χ0v) is 76.1. The second-order valence-corrected chi connectivity index (χ2v) is 40.0. The van der Waals surface area contributed by atoms with E-state index in [4.69, 9.17) is 4.98 Å². The van der Waals surface area contributed by atoms with E-state index in [1.807, 2.05) is 146 Å². The largest absolute Gasteiger partial charge is 0.326 e. The monoisotopic (exact) mass is 1800 g/mol. The van der Waals surface area contributed by atoms with Gasteiger partial charge in [-0.1, -0.05) is 224 Å². The smallest absolute Gasteiger partial charge is 0.235 e. The molecular formula is C107H93FN20O4S2. The Morgan fingerprint density at radius 3 is 1.37 bits per heavy atom. The highest BCUT2D eigenvalue weighted by atomic mass is 32.1. The normalized spacial score (nSPS) is 24.2. The lowest BCUT2D eigenvalue weighted by Gasteiger charge is -2.54. The average Bonchev–Trinajstić information content (AvgIpc) is 1.34. The molecule has 134 heavy (non-hydrogen) atoms. The summed E-state index contributed by atoms with van der Waals surface area (Å²) in [6, 6.07) is 78.5. The first-order valence-electron chi connectivity index (χ1n) is 45.2. The predicted octanol–water partition coefficient (Wildman–Crippen LogP) is 20.5. The lowest BCUT2D eigenvalue weighted by molar-refractivity contribution is -0.130. The van der Waals surface area contributed by atoms with Crippen LogP contribution in [0.4, 0.5) is 26.6 Å². The highest BCUT2D eigenvalue weighted by molar-refractivity contribution is 7.14. The summed E-state index contributed by atoms with van der Waals surface area (Å²) in [5, 5.41) is 38.7. The molecule has 24 nitrogen and oxygen atoms in total. The molecule has 4 amide bonds. The maximum atomic E-state index is 14.3. The van der Waals surface area contributed by atoms with Gasteiger partial charge in [-0.3, -0.25) is 29.8 Å². The number of fused-ring (bicyclic) bond motifs is 6. The number of aromatic amines is 2. The van der Waals surface area contributed by atoms with E-state index >= 15 is 0 Å². The van der Waals surface area contributed by atoms with Crippen LogP contribution in [0.25, 0.3) is 44.1 Å². The van der Waals surface area contributed by atoms with Crippen molar-refractivity contribution >= 4 is 90.0 Å². The van der Waals surface area contributed by atoms with E-state index in [0.29, 0.717) is 58.9 Å². The van der Waals surface area contributed by atoms with Crippen LogP contribution in [0.2, 0.25) is 0 Å². The number of amides is 4. The molecule has 0 fully saturated rings. The molecule has 0 radical (unpaired) electrons. The minimum Gasteiger partial charge on any atom is -0.326 e. The minimum absolute atomic E-state index is 0.0109. The Balaban J connectivity index is 0.000000101. The molecule has 16 heterocycles. The SMILES string of the molecule is CC1(C(=O)Nc2ncc(-c3ccc(F)c4ccccc34)[nH]2)CC2c3ccccc3C1n1ccnc12.CC12CC(C)(C(=O)Nc3nc(Cc4ccccc4)cs3)C(c3ccccc31)n1ccnc12.CC12CC(C)(C(=O)Nc3nc(Cc4ccccc4)cs3)C(c3ccccc31)n1cnnc12.CC12CC(C)(C(=O)Nc3ncc(-c4cccc5ccccc45)[nH]3)C(c3ccccc31)n1cnnc12. The number of thiazole rings is 2. The van der Waals surface area contributed by atoms with Gasteiger partial charge in [0.25, 0.3) is 0 Å². The van der Waals surface area contributed by atoms with Crippen molar-refractivity contribution in [2.24, 2.45) is 21.7 Å². The highest BCUT2D eigenvalue weighted by Crippen LogP contribution is 2.65. The van der Waals surface area contributed by atoms with Crippen molar-refractivity contribution in [1.82, 2.24) is 78.5 Å². The second-order valence-electron chi connectivity index (χ2n) is 38.3. The maximum Gasteiger partial charge on any atom is 0.235 e. The van der Waals surface area contributed by atoms with Crippen LogP contribution in [-0.2, 0) is 48.3 Å². The van der Waals surface area contributed by atoms with Crippen molar-refractivity contribution in [3.8, 4) is 22.5 Å². The maximum absolute atomic E-state index is 14.3. The van der Waals surface area contributed by atoms with Crippen LogP contribution < -0.4 is 21.3 Å². The molecule has 0 spiro atoms. The van der Waals surface area contributed by atoms with E-state index in [0.717, 1.165) is 86.1 Å². The zero-order valence-electron chi connectivity index (χ0n) is 74.5. The number of halogens is 1. The molecule has 12 unspecified atom stereocenters. The van der Waals surface area contributed by atoms with Gasteiger partial charge in [0.1, 0.15) is 41.8 Å². The van der Waals surface area contributed by atoms with Gasteiger partial charge in [-0.15, -0.1) is 43.1 Å². The van der Waals surface area contributed by atoms with Gasteiger partial charge in [0, 0.05) is 70.8 Å². The highest BCUT2D eigenvalue weighted by Gasteiger charge is 2.64. The van der Waals surface area contributed by atoms with E-state index in [1.54, 1.807) is 37.2 Å². The van der Waals surface area contributed by atoms with Crippen LogP contribution in [0.1, 0.15) is 195 Å². The van der Waals surface area contributed by atoms with Gasteiger partial charge in [-0.25, -0.2) is 34.3 Å². The Kier molecular flexibility index (Phi) is 19.6. The molecule has 10 aromatic carbocycles. The van der Waals surface area contributed by atoms with Gasteiger partial charge < -0.3 is 38.9 Å². The molecule has 6 N–H and O–H groups in total. The summed E-state index contributed by atoms with van der Waals surface area (Å²) in [6.45, 7) is 14.8. The van der Waals surface area contributed by atoms with Crippen molar-refractivity contribution in [3.05, 3.63) is 393 Å². The Hall–Kier alpha value is -15.1. The Morgan fingerprint density at radius 1 is 0.403 bits per heavy atom. The minimum atomic E-state index is -0.703. The Bertz CT molecular complexity index is 7510. The van der Waals surface area contributed by atoms with Crippen molar-refractivity contribution in [1.29, 1.82) is 0 Å². The van der Waals surface area contributed by atoms with Crippen LogP contribution >= 0.6 is 22.7 Å². The molecule has 8 aliphatic heterocycles. The summed E-state index contributed by atoms with van der Waals surface area (Å²) in [6.07, 6.45) is 18.8. The van der Waals surface area contributed by atoms with Gasteiger partial charge in [0.05, 0.1) is 97.2 Å². The molecule has 12 atom stereocenters. The van der Waals surface area contributed by atoms with Gasteiger partial charge >= 0.3 is 0 Å². The number of benzene rings is 10. The first-order chi connectivity index (χ1) is 65.0. The summed E-state index contributed by atoms with van der Waals surface area (Å²) in [7, 11) is 0. The van der Waals surface area contributed by atoms with Gasteiger partial charge in [0.2, 0.25) is 35.5 Å². The predicted molar refractivity (Wildman–Crippen MR) is 515 cm³/mol. The van der Waals surface area contributed by atoms with Crippen molar-refractivity contribution in [3.63, 3.8) is 0 Å². The third-order valence-corrected chi connectivity index (χ3v) is 31.4. The summed E-state index contributed by atoms with van der Waals surface area (Å²) < 4.78 is 22.8. The molecule has 8 aromatic heterocycles. The number of H-pyrrole nitrogens is 2. The van der Waals surface area contributed by atoms with Gasteiger partial charge in [-0.2, -0.15) is 0 Å². The number of nitrogens with zero attached hydrogens (tertiary/aromatic N) is 14. The zero-order chi connectivity index (χ0) is 91.4. The Morgan fingerprint density at radius 2 is 0.821 bits per heavy atom. The van der Waals surface area contributed by atoms with E-state index in [9.17, 15) is 23.6 Å². The summed E-state index contributed by atoms with van der Waals surface area (Å²) in [4.78, 5) is 89.3. The third-order valence-electron chi connectivity index (χ3n) is 29.8. The van der Waals surface area contributed by atoms with Crippen LogP contribution in [-0.4, -0.2) is 102 Å². The van der Waals surface area contributed by atoms with Crippen LogP contribution in [0, 0.1) is 27.5 Å². The fourth-order valence-corrected chi connectivity index (χ4v) is 25.4. The topological polar surface area (TPSA) is 297 Å². The number of carbonyl (C=O) groups excluding carboxylic acids is 4. The number of aromatic nitrogens is 16. The van der Waals surface area contributed by atoms with Crippen molar-refractivity contribution < 1.29 is 23.6 Å². The quantitative estimate of drug-likeness (QED) is 0.0590. The lowest BCUT2D eigenvalue weighted by Crippen LogP contribution is -2.55. The van der Waals surface area contributed by atoms with E-state index < -0.39 is 27.1 Å². The summed E-state index contributed by atoms with van der Waals surface area (Å²) in [5.41, 5.74) is 13.8. The van der Waals surface area contributed by atoms with E-state index in [2.05, 4.69) is 251 Å². The lowest BCUT2D eigenvalue weighted by atomic mass is 9.55. The summed E-state index contributed by atoms with van der Waals surface area (Å²) in [5.74, 6) is 4.39. The van der Waals surface area contributed by atoms with E-state index in [1.165, 1.54) is 78.8 Å². The fraction of sp³-hybridized carbons (Fsp3) is 0.234. The molecule has 18 aromatic rings. The fourth-order valence-electron chi connectivity index (χ4n) is 24.0. The molecule has 0 saturated heterocycles. The standard InChI is InChI=1S/C28H22FN5O.C28H24N6O.C26H24N4OS.C25H23N5OS/c1-28(14-21-17-7-3-5-9-20(17)24(28)34-13-12-30-25(21)34)26(35)33-27-31-15-23(32-27)19-10-11-22(29)18-8-4-2-6-16(18)19;1-27-15-28(2,23(34-16-30-33-24(27)34)20-11-5-6-13-21(20)27)25(35)32-26-29-14-22(31-26)19-12-7-9-17-8-3-4-10-18(17)19;1-25-16-26(2,21(30-13-12-27-22(25)30)19-10-6-7-11-20(19)25)23(31)29-24-28-18(15-32-24)14-17-8-4-3-5-9-17;1-24-14-25(2,20(30-15-26-29-21(24)30)18-10-6-7-11-19(18)24)22(31)28-23-27-17(13-32-23)12-16-8-4-3-5-9-16/h2-13,15,21,24H,14H2,1H3,(H2,31,32,33,35);3-14,16,23H,15H2,1-2H3,(H2,29,31,32,35);3-13,15,21H,14,16H2,1-2H3,(H,28,29,31);3-11,13,15,20H,12,14H2,1-2H3,(H,27,28,31). The van der Waals surface area contributed by atoms with Gasteiger partial charge in [0.15, 0.2) is 10.3 Å². The Labute approximate surface area is 779 Å². The molecule has 30 rings (SSSR count). The number of nitrogens with one attached hydrogen (secondary N) is 6. The first kappa shape index (κ1) is 83.3. The van der Waals surface area contributed by atoms with Crippen LogP contribution in [0.15, 0.2) is 297 Å². The number of imidazole rings is 4. The van der Waals surface area contributed by atoms with Crippen molar-refractivity contribution in [2.75, 3.05) is 21.3 Å². The molecular weight excluding hydrogens is 1710 g/mol. The molecule has 4 aliphatic carbocycles. The molecule has 27 heteroatoms.